The average Bonchev–Trinajstić information content (AvgIpc) is 2.73. The van der Waals surface area contributed by atoms with E-state index in [0.717, 1.165) is 42.5 Å². The fraction of sp³-hybridized carbons (Fsp3) is 0.609. The van der Waals surface area contributed by atoms with Gasteiger partial charge in [0.05, 0.1) is 0 Å². The van der Waals surface area contributed by atoms with Crippen molar-refractivity contribution in [3.63, 3.8) is 0 Å². The number of allylic oxidation sites excluding steroid dienone is 2. The third-order valence-electron chi connectivity index (χ3n) is 5.89. The molecule has 156 valence electrons. The molecule has 3 rings (SSSR count). The molecule has 1 heterocycles. The van der Waals surface area contributed by atoms with Crippen molar-refractivity contribution in [3.8, 4) is 0 Å². The van der Waals surface area contributed by atoms with Crippen LogP contribution in [0.1, 0.15) is 75.3 Å². The number of alkyl halides is 2. The number of rotatable bonds is 6. The number of nitrogen functional groups attached to an aromatic ring is 1. The van der Waals surface area contributed by atoms with Crippen LogP contribution in [0.5, 0.6) is 0 Å². The first-order valence-corrected chi connectivity index (χ1v) is 15.3. The van der Waals surface area contributed by atoms with E-state index in [1.165, 1.54) is 48.8 Å². The van der Waals surface area contributed by atoms with Gasteiger partial charge in [0.15, 0.2) is 0 Å². The second kappa shape index (κ2) is 10.5. The van der Waals surface area contributed by atoms with Gasteiger partial charge in [-0.15, -0.1) is 0 Å². The Hall–Kier alpha value is -1.24. The van der Waals surface area contributed by atoms with E-state index in [1.807, 2.05) is 4.90 Å². The molecule has 1 aliphatic carbocycles. The van der Waals surface area contributed by atoms with Gasteiger partial charge in [-0.25, -0.2) is 0 Å². The number of amides is 1. The molecule has 0 radical (unpaired) electrons. The Bertz CT molecular complexity index is 696. The van der Waals surface area contributed by atoms with Crippen molar-refractivity contribution >= 4 is 37.6 Å². The first kappa shape index (κ1) is 21.5. The van der Waals surface area contributed by atoms with Gasteiger partial charge in [0.2, 0.25) is 0 Å². The summed E-state index contributed by atoms with van der Waals surface area (Å²) in [7, 11) is 0. The monoisotopic (exact) mass is 498 g/mol. The molecule has 0 spiro atoms. The number of likely N-dealkylation sites (tertiary alicyclic amines) is 1. The van der Waals surface area contributed by atoms with Crippen LogP contribution in [-0.2, 0) is 3.07 Å². The van der Waals surface area contributed by atoms with Crippen LogP contribution >= 0.6 is 20.2 Å². The molecule has 4 nitrogen and oxygen atoms in total. The Kier molecular flexibility index (Phi) is 8.06. The van der Waals surface area contributed by atoms with Crippen molar-refractivity contribution in [2.45, 2.75) is 64.2 Å². The van der Waals surface area contributed by atoms with E-state index in [-0.39, 0.29) is 6.09 Å². The minimum absolute atomic E-state index is 0.0763. The number of hydrogen-bond donors (Lipinski definition) is 1. The van der Waals surface area contributed by atoms with Crippen LogP contribution in [0.3, 0.4) is 0 Å². The SMILES string of the molecule is CCCCI(C)OC(=O)N1CCC(c2ccc(N)c(C3=CCCCC3)c2)CC1. The molecule has 0 unspecified atom stereocenters. The van der Waals surface area contributed by atoms with E-state index in [4.69, 9.17) is 8.80 Å². The van der Waals surface area contributed by atoms with Crippen LogP contribution in [0.2, 0.25) is 0 Å². The summed E-state index contributed by atoms with van der Waals surface area (Å²) < 4.78 is 6.87. The van der Waals surface area contributed by atoms with E-state index in [2.05, 4.69) is 36.1 Å². The molecule has 1 saturated heterocycles. The van der Waals surface area contributed by atoms with Crippen molar-refractivity contribution in [2.75, 3.05) is 28.2 Å². The normalized spacial score (nSPS) is 18.6. The van der Waals surface area contributed by atoms with Crippen LogP contribution in [0.15, 0.2) is 24.3 Å². The van der Waals surface area contributed by atoms with Crippen molar-refractivity contribution < 1.29 is 7.86 Å². The zero-order chi connectivity index (χ0) is 19.9. The molecule has 1 aromatic rings. The second-order valence-corrected chi connectivity index (χ2v) is 12.5. The summed E-state index contributed by atoms with van der Waals surface area (Å²) in [5, 5.41) is 0. The van der Waals surface area contributed by atoms with Crippen molar-refractivity contribution in [2.24, 2.45) is 0 Å². The van der Waals surface area contributed by atoms with Gasteiger partial charge in [0.25, 0.3) is 0 Å². The van der Waals surface area contributed by atoms with Crippen LogP contribution in [-0.4, -0.2) is 33.4 Å². The Morgan fingerprint density at radius 2 is 2.07 bits per heavy atom. The molecule has 1 aliphatic heterocycles. The number of nitrogens with zero attached hydrogens (tertiary/aromatic N) is 1. The average molecular weight is 498 g/mol. The Labute approximate surface area is 177 Å². The number of anilines is 1. The minimum atomic E-state index is -1.54. The number of carbonyl (C=O) groups is 1. The van der Waals surface area contributed by atoms with E-state index >= 15 is 0 Å². The van der Waals surface area contributed by atoms with E-state index in [0.29, 0.717) is 5.92 Å². The van der Waals surface area contributed by atoms with Gasteiger partial charge in [-0.3, -0.25) is 0 Å². The van der Waals surface area contributed by atoms with Gasteiger partial charge in [0, 0.05) is 0 Å². The summed E-state index contributed by atoms with van der Waals surface area (Å²) in [5.41, 5.74) is 11.2. The predicted octanol–water partition coefficient (Wildman–Crippen LogP) is 6.39. The second-order valence-electron chi connectivity index (χ2n) is 8.00. The van der Waals surface area contributed by atoms with E-state index < -0.39 is 20.2 Å². The first-order valence-electron chi connectivity index (χ1n) is 10.7. The topological polar surface area (TPSA) is 55.6 Å². The quantitative estimate of drug-likeness (QED) is 0.281. The molecule has 1 fully saturated rings. The van der Waals surface area contributed by atoms with Crippen LogP contribution < -0.4 is 5.73 Å². The number of unbranched alkanes of at least 4 members (excludes halogenated alkanes) is 1. The summed E-state index contributed by atoms with van der Waals surface area (Å²) in [4.78, 5) is 16.5. The third-order valence-corrected chi connectivity index (χ3v) is 9.30. The van der Waals surface area contributed by atoms with Gasteiger partial charge in [-0.05, 0) is 6.42 Å². The number of nitrogens with two attached hydrogens (primary N) is 1. The predicted molar refractivity (Wildman–Crippen MR) is 127 cm³/mol. The van der Waals surface area contributed by atoms with Crippen molar-refractivity contribution in [3.05, 3.63) is 35.4 Å². The number of hydrogen-bond acceptors (Lipinski definition) is 3. The zero-order valence-electron chi connectivity index (χ0n) is 17.4. The molecule has 28 heavy (non-hydrogen) atoms. The molecule has 2 N–H and O–H groups in total. The fourth-order valence-corrected chi connectivity index (χ4v) is 7.08. The van der Waals surface area contributed by atoms with E-state index in [1.54, 1.807) is 0 Å². The molecule has 0 atom stereocenters. The number of piperidine rings is 1. The van der Waals surface area contributed by atoms with Gasteiger partial charge >= 0.3 is 172 Å². The zero-order valence-corrected chi connectivity index (χ0v) is 19.5. The summed E-state index contributed by atoms with van der Waals surface area (Å²) in [6, 6.07) is 6.57. The Morgan fingerprint density at radius 3 is 2.75 bits per heavy atom. The molecule has 0 saturated carbocycles. The number of carbonyl (C=O) groups excluding carboxylic acids is 1. The molecule has 1 aromatic carbocycles. The maximum atomic E-state index is 12.4. The fourth-order valence-electron chi connectivity index (χ4n) is 4.11. The van der Waals surface area contributed by atoms with Crippen molar-refractivity contribution in [1.29, 1.82) is 0 Å². The molecule has 5 heteroatoms. The van der Waals surface area contributed by atoms with Crippen LogP contribution in [0.25, 0.3) is 5.57 Å². The van der Waals surface area contributed by atoms with E-state index in [9.17, 15) is 4.79 Å². The molecular formula is C23H35IN2O2. The molecule has 0 bridgehead atoms. The number of halogens is 1. The summed E-state index contributed by atoms with van der Waals surface area (Å²) >= 11 is -1.54. The van der Waals surface area contributed by atoms with Crippen LogP contribution in [0, 0.1) is 0 Å². The Balaban J connectivity index is 1.57. The van der Waals surface area contributed by atoms with Gasteiger partial charge < -0.3 is 0 Å². The summed E-state index contributed by atoms with van der Waals surface area (Å²) in [6.07, 6.45) is 11.5. The standard InChI is InChI=1S/C23H35IN2O2/c1-3-4-14-24(2)28-23(27)26-15-12-18(13-16-26)20-10-11-22(25)21(17-20)19-8-6-5-7-9-19/h8,10-11,17-18H,3-7,9,12-16,25H2,1-2H3. The van der Waals surface area contributed by atoms with Crippen LogP contribution in [0.4, 0.5) is 10.5 Å². The molecule has 0 aromatic heterocycles. The summed E-state index contributed by atoms with van der Waals surface area (Å²) in [6.45, 7) is 3.78. The van der Waals surface area contributed by atoms with Gasteiger partial charge in [-0.1, -0.05) is 0 Å². The Morgan fingerprint density at radius 1 is 1.29 bits per heavy atom. The molecular weight excluding hydrogens is 463 g/mol. The summed E-state index contributed by atoms with van der Waals surface area (Å²) in [5.74, 6) is 0.504. The van der Waals surface area contributed by atoms with Gasteiger partial charge in [-0.2, -0.15) is 0 Å². The van der Waals surface area contributed by atoms with Gasteiger partial charge in [0.1, 0.15) is 0 Å². The third kappa shape index (κ3) is 5.65. The number of benzene rings is 1. The molecule has 1 amide bonds. The first-order chi connectivity index (χ1) is 13.6. The molecule has 2 aliphatic rings. The maximum absolute atomic E-state index is 12.4. The van der Waals surface area contributed by atoms with Crippen molar-refractivity contribution in [1.82, 2.24) is 4.90 Å².